The number of rotatable bonds is 4. The summed E-state index contributed by atoms with van der Waals surface area (Å²) < 4.78 is 12.8. The van der Waals surface area contributed by atoms with Gasteiger partial charge in [0.1, 0.15) is 5.82 Å². The van der Waals surface area contributed by atoms with Crippen LogP contribution in [0, 0.1) is 12.7 Å². The van der Waals surface area contributed by atoms with Crippen LogP contribution in [-0.4, -0.2) is 18.4 Å². The predicted molar refractivity (Wildman–Crippen MR) is 83.2 cm³/mol. The van der Waals surface area contributed by atoms with E-state index in [4.69, 9.17) is 5.73 Å². The molecule has 0 aliphatic heterocycles. The van der Waals surface area contributed by atoms with Crippen molar-refractivity contribution in [3.05, 3.63) is 59.4 Å². The molecule has 0 bridgehead atoms. The molecule has 2 aromatic carbocycles. The summed E-state index contributed by atoms with van der Waals surface area (Å²) in [7, 11) is 0. The minimum atomic E-state index is -0.396. The van der Waals surface area contributed by atoms with Crippen molar-refractivity contribution in [1.82, 2.24) is 0 Å². The summed E-state index contributed by atoms with van der Waals surface area (Å²) in [5.74, 6) is -1.02. The van der Waals surface area contributed by atoms with Gasteiger partial charge in [0.05, 0.1) is 6.54 Å². The third kappa shape index (κ3) is 3.89. The zero-order valence-electron chi connectivity index (χ0n) is 12.0. The maximum Gasteiger partial charge on any atom is 0.255 e. The van der Waals surface area contributed by atoms with E-state index in [-0.39, 0.29) is 18.4 Å². The van der Waals surface area contributed by atoms with Gasteiger partial charge in [0.2, 0.25) is 5.91 Å². The summed E-state index contributed by atoms with van der Waals surface area (Å²) in [6.07, 6.45) is 0. The summed E-state index contributed by atoms with van der Waals surface area (Å²) in [4.78, 5) is 23.3. The zero-order valence-corrected chi connectivity index (χ0v) is 12.0. The van der Waals surface area contributed by atoms with Gasteiger partial charge >= 0.3 is 0 Å². The number of nitrogens with one attached hydrogen (secondary N) is 2. The van der Waals surface area contributed by atoms with Crippen LogP contribution in [0.5, 0.6) is 0 Å². The average Bonchev–Trinajstić information content (AvgIpc) is 2.50. The summed E-state index contributed by atoms with van der Waals surface area (Å²) in [6, 6.07) is 10.4. The molecule has 0 fully saturated rings. The van der Waals surface area contributed by atoms with Gasteiger partial charge in [-0.15, -0.1) is 0 Å². The van der Waals surface area contributed by atoms with Gasteiger partial charge < -0.3 is 16.4 Å². The normalized spacial score (nSPS) is 10.1. The van der Waals surface area contributed by atoms with E-state index < -0.39 is 5.82 Å². The number of nitrogens with two attached hydrogens (primary N) is 1. The van der Waals surface area contributed by atoms with Crippen molar-refractivity contribution in [3.63, 3.8) is 0 Å². The third-order valence-electron chi connectivity index (χ3n) is 3.05. The molecule has 22 heavy (non-hydrogen) atoms. The van der Waals surface area contributed by atoms with Gasteiger partial charge in [-0.3, -0.25) is 9.59 Å². The van der Waals surface area contributed by atoms with Crippen molar-refractivity contribution in [1.29, 1.82) is 0 Å². The van der Waals surface area contributed by atoms with E-state index in [1.165, 1.54) is 24.3 Å². The van der Waals surface area contributed by atoms with E-state index in [1.54, 1.807) is 25.1 Å². The van der Waals surface area contributed by atoms with Gasteiger partial charge in [0, 0.05) is 16.9 Å². The minimum Gasteiger partial charge on any atom is -0.325 e. The van der Waals surface area contributed by atoms with Gasteiger partial charge in [0.15, 0.2) is 0 Å². The number of aryl methyl sites for hydroxylation is 1. The predicted octanol–water partition coefficient (Wildman–Crippen LogP) is 2.28. The summed E-state index contributed by atoms with van der Waals surface area (Å²) in [5.41, 5.74) is 7.59. The lowest BCUT2D eigenvalue weighted by Gasteiger charge is -2.11. The highest BCUT2D eigenvalue weighted by atomic mass is 19.1. The van der Waals surface area contributed by atoms with Gasteiger partial charge in [-0.2, -0.15) is 0 Å². The van der Waals surface area contributed by atoms with Crippen molar-refractivity contribution < 1.29 is 14.0 Å². The largest absolute Gasteiger partial charge is 0.325 e. The van der Waals surface area contributed by atoms with Crippen molar-refractivity contribution in [3.8, 4) is 0 Å². The molecule has 0 unspecified atom stereocenters. The van der Waals surface area contributed by atoms with Gasteiger partial charge in [-0.05, 0) is 55.0 Å². The van der Waals surface area contributed by atoms with Crippen LogP contribution in [0.3, 0.4) is 0 Å². The fourth-order valence-corrected chi connectivity index (χ4v) is 1.89. The Morgan fingerprint density at radius 2 is 1.77 bits per heavy atom. The first-order chi connectivity index (χ1) is 10.5. The molecular formula is C16H16FN3O2. The molecule has 0 aromatic heterocycles. The molecule has 2 aromatic rings. The van der Waals surface area contributed by atoms with Crippen LogP contribution in [0.15, 0.2) is 42.5 Å². The second-order valence-electron chi connectivity index (χ2n) is 4.74. The van der Waals surface area contributed by atoms with Crippen LogP contribution < -0.4 is 16.4 Å². The monoisotopic (exact) mass is 301 g/mol. The van der Waals surface area contributed by atoms with E-state index >= 15 is 0 Å². The maximum absolute atomic E-state index is 12.8. The van der Waals surface area contributed by atoms with Crippen LogP contribution in [0.1, 0.15) is 15.9 Å². The second kappa shape index (κ2) is 6.82. The van der Waals surface area contributed by atoms with Crippen LogP contribution >= 0.6 is 0 Å². The highest BCUT2D eigenvalue weighted by Crippen LogP contribution is 2.20. The number of halogens is 1. The highest BCUT2D eigenvalue weighted by molar-refractivity contribution is 6.04. The number of amides is 2. The lowest BCUT2D eigenvalue weighted by Crippen LogP contribution is -2.21. The Bertz CT molecular complexity index is 699. The topological polar surface area (TPSA) is 84.2 Å². The molecule has 0 spiro atoms. The van der Waals surface area contributed by atoms with E-state index in [2.05, 4.69) is 10.6 Å². The van der Waals surface area contributed by atoms with E-state index in [0.717, 1.165) is 5.56 Å². The lowest BCUT2D eigenvalue weighted by atomic mass is 10.1. The number of carbonyl (C=O) groups excluding carboxylic acids is 2. The Balaban J connectivity index is 2.11. The molecule has 6 heteroatoms. The van der Waals surface area contributed by atoms with E-state index in [9.17, 15) is 14.0 Å². The lowest BCUT2D eigenvalue weighted by molar-refractivity contribution is -0.114. The zero-order chi connectivity index (χ0) is 16.1. The highest BCUT2D eigenvalue weighted by Gasteiger charge is 2.09. The molecule has 0 radical (unpaired) electrons. The molecule has 0 saturated heterocycles. The first kappa shape index (κ1) is 15.7. The first-order valence-corrected chi connectivity index (χ1v) is 6.67. The average molecular weight is 301 g/mol. The summed E-state index contributed by atoms with van der Waals surface area (Å²) in [5, 5.41) is 5.37. The number of carbonyl (C=O) groups is 2. The summed E-state index contributed by atoms with van der Waals surface area (Å²) in [6.45, 7) is 1.71. The van der Waals surface area contributed by atoms with Gasteiger partial charge in [0.25, 0.3) is 5.91 Å². The molecule has 0 aliphatic rings. The van der Waals surface area contributed by atoms with E-state index in [1.807, 2.05) is 0 Å². The molecule has 0 aliphatic carbocycles. The van der Waals surface area contributed by atoms with Crippen LogP contribution in [0.25, 0.3) is 0 Å². The molecular weight excluding hydrogens is 285 g/mol. The number of hydrogen-bond acceptors (Lipinski definition) is 3. The van der Waals surface area contributed by atoms with Crippen molar-refractivity contribution in [2.75, 3.05) is 17.2 Å². The van der Waals surface area contributed by atoms with Crippen molar-refractivity contribution >= 4 is 23.2 Å². The Hall–Kier alpha value is -2.73. The molecule has 5 nitrogen and oxygen atoms in total. The Morgan fingerprint density at radius 1 is 1.09 bits per heavy atom. The summed E-state index contributed by atoms with van der Waals surface area (Å²) >= 11 is 0. The maximum atomic E-state index is 12.8. The number of anilines is 2. The Morgan fingerprint density at radius 3 is 2.36 bits per heavy atom. The SMILES string of the molecule is Cc1cc(NC(=O)CN)ccc1NC(=O)c1ccc(F)cc1. The molecule has 114 valence electrons. The molecule has 2 amide bonds. The quantitative estimate of drug-likeness (QED) is 0.810. The molecule has 0 saturated carbocycles. The molecule has 2 rings (SSSR count). The first-order valence-electron chi connectivity index (χ1n) is 6.67. The van der Waals surface area contributed by atoms with Crippen molar-refractivity contribution in [2.24, 2.45) is 5.73 Å². The second-order valence-corrected chi connectivity index (χ2v) is 4.74. The van der Waals surface area contributed by atoms with Crippen LogP contribution in [0.4, 0.5) is 15.8 Å². The number of benzene rings is 2. The third-order valence-corrected chi connectivity index (χ3v) is 3.05. The fraction of sp³-hybridized carbons (Fsp3) is 0.125. The molecule has 4 N–H and O–H groups in total. The van der Waals surface area contributed by atoms with Crippen molar-refractivity contribution in [2.45, 2.75) is 6.92 Å². The van der Waals surface area contributed by atoms with Crippen LogP contribution in [0.2, 0.25) is 0 Å². The Kier molecular flexibility index (Phi) is 4.85. The Labute approximate surface area is 127 Å². The standard InChI is InChI=1S/C16H16FN3O2/c1-10-8-13(19-15(21)9-18)6-7-14(10)20-16(22)11-2-4-12(17)5-3-11/h2-8H,9,18H2,1H3,(H,19,21)(H,20,22). The smallest absolute Gasteiger partial charge is 0.255 e. The van der Waals surface area contributed by atoms with E-state index in [0.29, 0.717) is 16.9 Å². The number of hydrogen-bond donors (Lipinski definition) is 3. The molecule has 0 atom stereocenters. The minimum absolute atomic E-state index is 0.0951. The van der Waals surface area contributed by atoms with Gasteiger partial charge in [-0.25, -0.2) is 4.39 Å². The fourth-order valence-electron chi connectivity index (χ4n) is 1.89. The van der Waals surface area contributed by atoms with Crippen LogP contribution in [-0.2, 0) is 4.79 Å². The molecule has 0 heterocycles. The van der Waals surface area contributed by atoms with Gasteiger partial charge in [-0.1, -0.05) is 0 Å².